The van der Waals surface area contributed by atoms with Gasteiger partial charge in [-0.1, -0.05) is 36.0 Å². The molecule has 0 aliphatic rings. The fourth-order valence-corrected chi connectivity index (χ4v) is 5.23. The number of aromatic nitrogens is 2. The minimum absolute atomic E-state index is 0. The van der Waals surface area contributed by atoms with E-state index in [1.54, 1.807) is 55.5 Å². The molecule has 3 unspecified atom stereocenters. The van der Waals surface area contributed by atoms with Crippen LogP contribution in [0, 0.1) is 0 Å². The summed E-state index contributed by atoms with van der Waals surface area (Å²) < 4.78 is 16.5. The van der Waals surface area contributed by atoms with Crippen molar-refractivity contribution in [2.45, 2.75) is 40.3 Å². The van der Waals surface area contributed by atoms with Gasteiger partial charge in [0.15, 0.2) is 11.2 Å². The van der Waals surface area contributed by atoms with E-state index >= 15 is 0 Å². The predicted molar refractivity (Wildman–Crippen MR) is 144 cm³/mol. The second kappa shape index (κ2) is 14.4. The monoisotopic (exact) mass is 635 g/mol. The van der Waals surface area contributed by atoms with Crippen molar-refractivity contribution in [2.24, 2.45) is 5.73 Å². The first kappa shape index (κ1) is 31.3. The fraction of sp³-hybridized carbons (Fsp3) is 0.280. The SMILES string of the molecule is CCNC(=O)C(N)C(Sc1nc2ccccc2o1)C(=O)OC(=O)C(CC(=O)NC)Sc1nc2ccccc2o1.[Zn]. The molecule has 2 aromatic carbocycles. The average molecular weight is 637 g/mol. The van der Waals surface area contributed by atoms with Crippen LogP contribution in [-0.2, 0) is 43.4 Å². The molecule has 2 aromatic heterocycles. The Labute approximate surface area is 249 Å². The predicted octanol–water partition coefficient (Wildman–Crippen LogP) is 2.26. The number of nitrogens with two attached hydrogens (primary N) is 1. The normalized spacial score (nSPS) is 13.2. The third-order valence-corrected chi connectivity index (χ3v) is 7.48. The Morgan fingerprint density at radius 3 is 2.00 bits per heavy atom. The van der Waals surface area contributed by atoms with Crippen molar-refractivity contribution >= 4 is 69.5 Å². The minimum atomic E-state index is -1.40. The van der Waals surface area contributed by atoms with E-state index in [-0.39, 0.29) is 42.9 Å². The number of rotatable bonds is 11. The number of hydrogen-bond donors (Lipinski definition) is 3. The summed E-state index contributed by atoms with van der Waals surface area (Å²) in [5.74, 6) is -3.21. The van der Waals surface area contributed by atoms with E-state index in [0.29, 0.717) is 22.2 Å². The maximum absolute atomic E-state index is 13.2. The molecule has 0 bridgehead atoms. The van der Waals surface area contributed by atoms with Crippen molar-refractivity contribution in [2.75, 3.05) is 13.6 Å². The molecule has 4 rings (SSSR count). The van der Waals surface area contributed by atoms with Crippen LogP contribution in [0.15, 0.2) is 67.8 Å². The van der Waals surface area contributed by atoms with Crippen LogP contribution in [0.1, 0.15) is 13.3 Å². The molecule has 15 heteroatoms. The number of benzene rings is 2. The van der Waals surface area contributed by atoms with Crippen molar-refractivity contribution < 1.29 is 52.2 Å². The third kappa shape index (κ3) is 7.69. The Morgan fingerprint density at radius 2 is 1.48 bits per heavy atom. The van der Waals surface area contributed by atoms with Gasteiger partial charge in [0.2, 0.25) is 11.8 Å². The molecule has 40 heavy (non-hydrogen) atoms. The second-order valence-corrected chi connectivity index (χ2v) is 10.3. The van der Waals surface area contributed by atoms with Crippen molar-refractivity contribution in [1.82, 2.24) is 20.6 Å². The summed E-state index contributed by atoms with van der Waals surface area (Å²) in [5.41, 5.74) is 8.16. The van der Waals surface area contributed by atoms with Gasteiger partial charge in [-0.05, 0) is 43.0 Å². The van der Waals surface area contributed by atoms with E-state index < -0.39 is 40.3 Å². The molecule has 4 aromatic rings. The number of amides is 2. The quantitative estimate of drug-likeness (QED) is 0.0947. The molecule has 0 radical (unpaired) electrons. The molecule has 0 aliphatic heterocycles. The zero-order valence-corrected chi connectivity index (χ0v) is 26.2. The second-order valence-electron chi connectivity index (χ2n) is 8.08. The van der Waals surface area contributed by atoms with Gasteiger partial charge in [-0.25, -0.2) is 9.97 Å². The van der Waals surface area contributed by atoms with Crippen LogP contribution >= 0.6 is 23.5 Å². The van der Waals surface area contributed by atoms with E-state index in [4.69, 9.17) is 19.3 Å². The molecule has 12 nitrogen and oxygen atoms in total. The van der Waals surface area contributed by atoms with E-state index in [2.05, 4.69) is 20.6 Å². The van der Waals surface area contributed by atoms with Gasteiger partial charge in [0.25, 0.3) is 10.4 Å². The summed E-state index contributed by atoms with van der Waals surface area (Å²) in [6.07, 6.45) is -0.322. The number of nitrogens with zero attached hydrogens (tertiary/aromatic N) is 2. The van der Waals surface area contributed by atoms with Crippen LogP contribution in [0.2, 0.25) is 0 Å². The van der Waals surface area contributed by atoms with Gasteiger partial charge < -0.3 is 29.9 Å². The number of nitrogens with one attached hydrogen (secondary N) is 2. The molecule has 0 fully saturated rings. The van der Waals surface area contributed by atoms with E-state index in [0.717, 1.165) is 23.5 Å². The van der Waals surface area contributed by atoms with Gasteiger partial charge in [-0.2, -0.15) is 0 Å². The summed E-state index contributed by atoms with van der Waals surface area (Å²) in [6, 6.07) is 12.5. The molecule has 0 saturated heterocycles. The molecule has 0 aliphatic carbocycles. The number of likely N-dealkylation sites (N-methyl/N-ethyl adjacent to an activating group) is 1. The molecule has 206 valence electrons. The summed E-state index contributed by atoms with van der Waals surface area (Å²) in [5, 5.41) is 2.60. The van der Waals surface area contributed by atoms with E-state index in [9.17, 15) is 19.2 Å². The minimum Gasteiger partial charge on any atom is -0.431 e. The van der Waals surface area contributed by atoms with Crippen LogP contribution in [0.4, 0.5) is 0 Å². The standard InChI is InChI=1S/C25H25N5O7S2.Zn/c1-3-28-21(32)19(26)20(39-25-30-14-9-5-7-11-16(14)36-25)23(34)37-22(33)17(12-18(31)27-2)38-24-29-13-8-4-6-10-15(13)35-24;/h4-11,17,19-20H,3,12,26H2,1-2H3,(H,27,31)(H,28,32);. The van der Waals surface area contributed by atoms with Crippen molar-refractivity contribution in [3.05, 3.63) is 48.5 Å². The molecule has 2 heterocycles. The van der Waals surface area contributed by atoms with Crippen LogP contribution < -0.4 is 16.4 Å². The molecule has 0 spiro atoms. The van der Waals surface area contributed by atoms with Crippen LogP contribution in [0.5, 0.6) is 0 Å². The molecule has 0 saturated carbocycles. The molecular weight excluding hydrogens is 612 g/mol. The number of hydrogen-bond acceptors (Lipinski definition) is 12. The van der Waals surface area contributed by atoms with E-state index in [1.165, 1.54) is 7.05 Å². The molecule has 4 N–H and O–H groups in total. The van der Waals surface area contributed by atoms with Gasteiger partial charge >= 0.3 is 11.9 Å². The Hall–Kier alpha value is -3.26. The first-order valence-corrected chi connectivity index (χ1v) is 13.6. The van der Waals surface area contributed by atoms with Gasteiger partial charge in [0.05, 0.1) is 0 Å². The van der Waals surface area contributed by atoms with Crippen molar-refractivity contribution in [1.29, 1.82) is 0 Å². The van der Waals surface area contributed by atoms with Crippen molar-refractivity contribution in [3.63, 3.8) is 0 Å². The number of carbonyl (C=O) groups excluding carboxylic acids is 4. The van der Waals surface area contributed by atoms with Crippen molar-refractivity contribution in [3.8, 4) is 0 Å². The molecule has 2 amide bonds. The Bertz CT molecular complexity index is 1450. The number of thioether (sulfide) groups is 2. The van der Waals surface area contributed by atoms with Gasteiger partial charge in [-0.3, -0.25) is 19.2 Å². The number of oxazole rings is 2. The van der Waals surface area contributed by atoms with Gasteiger partial charge in [0, 0.05) is 39.5 Å². The zero-order valence-electron chi connectivity index (χ0n) is 21.6. The number of carbonyl (C=O) groups is 4. The number of ether oxygens (including phenoxy) is 1. The number of para-hydroxylation sites is 4. The zero-order chi connectivity index (χ0) is 27.9. The first-order chi connectivity index (χ1) is 18.8. The fourth-order valence-electron chi connectivity index (χ4n) is 3.40. The summed E-state index contributed by atoms with van der Waals surface area (Å²) in [4.78, 5) is 59.6. The van der Waals surface area contributed by atoms with Crippen LogP contribution in [-0.4, -0.2) is 63.9 Å². The Balaban J connectivity index is 0.00000441. The topological polar surface area (TPSA) is 180 Å². The van der Waals surface area contributed by atoms with Crippen LogP contribution in [0.3, 0.4) is 0 Å². The molecular formula is C25H25N5O7S2Zn. The number of esters is 2. The van der Waals surface area contributed by atoms with Gasteiger partial charge in [-0.15, -0.1) is 0 Å². The van der Waals surface area contributed by atoms with E-state index in [1.807, 2.05) is 0 Å². The average Bonchev–Trinajstić information content (AvgIpc) is 3.53. The summed E-state index contributed by atoms with van der Waals surface area (Å²) in [7, 11) is 1.42. The third-order valence-electron chi connectivity index (χ3n) is 5.35. The Kier molecular flexibility index (Phi) is 11.3. The van der Waals surface area contributed by atoms with Crippen LogP contribution in [0.25, 0.3) is 22.2 Å². The van der Waals surface area contributed by atoms with Gasteiger partial charge in [0.1, 0.15) is 27.6 Å². The summed E-state index contributed by atoms with van der Waals surface area (Å²) >= 11 is 1.59. The first-order valence-electron chi connectivity index (χ1n) is 11.8. The Morgan fingerprint density at radius 1 is 0.925 bits per heavy atom. The maximum atomic E-state index is 13.2. The summed E-state index contributed by atoms with van der Waals surface area (Å²) in [6.45, 7) is 1.97. The number of fused-ring (bicyclic) bond motifs is 2. The largest absolute Gasteiger partial charge is 0.431 e. The smallest absolute Gasteiger partial charge is 0.329 e. The molecule has 3 atom stereocenters. The maximum Gasteiger partial charge on any atom is 0.329 e.